The number of aromatic amines is 1. The maximum Gasteiger partial charge on any atom is 0.231 e. The Morgan fingerprint density at radius 1 is 1.35 bits per heavy atom. The van der Waals surface area contributed by atoms with Crippen molar-refractivity contribution in [3.63, 3.8) is 0 Å². The van der Waals surface area contributed by atoms with Crippen molar-refractivity contribution in [2.75, 3.05) is 6.54 Å². The van der Waals surface area contributed by atoms with Gasteiger partial charge in [0.2, 0.25) is 11.3 Å². The topological polar surface area (TPSA) is 65.1 Å². The van der Waals surface area contributed by atoms with Gasteiger partial charge in [-0.3, -0.25) is 4.55 Å². The summed E-state index contributed by atoms with van der Waals surface area (Å²) in [7, 11) is 0. The number of aryl methyl sites for hydroxylation is 1. The van der Waals surface area contributed by atoms with Gasteiger partial charge in [0.25, 0.3) is 0 Å². The molecule has 1 aromatic carbocycles. The zero-order valence-corrected chi connectivity index (χ0v) is 12.0. The number of para-hydroxylation sites is 1. The Bertz CT molecular complexity index is 643. The van der Waals surface area contributed by atoms with Crippen molar-refractivity contribution in [2.45, 2.75) is 25.7 Å². The summed E-state index contributed by atoms with van der Waals surface area (Å²) in [5.74, 6) is 2.65. The largest absolute Gasteiger partial charge is 0.358 e. The van der Waals surface area contributed by atoms with Crippen LogP contribution in [-0.2, 0) is 24.1 Å². The lowest BCUT2D eigenvalue weighted by Gasteiger charge is -2.04. The number of hydrogen-bond donors (Lipinski definition) is 3. The second-order valence-electron chi connectivity index (χ2n) is 4.58. The highest BCUT2D eigenvalue weighted by Crippen LogP contribution is 2.24. The molecule has 2 rings (SSSR count). The Balaban J connectivity index is 2.20. The maximum atomic E-state index is 10.7. The standard InChI is InChI=1S/C15H18N2O2S/c1-2-3-4-8-15-13(10-11-16-20(18)19)12-7-5-6-9-14(12)17-15/h1,5-7,9,16-17H,3-4,8,10-11H2,(H,18,19). The Morgan fingerprint density at radius 3 is 2.90 bits per heavy atom. The molecule has 0 amide bonds. The van der Waals surface area contributed by atoms with Crippen LogP contribution in [0.1, 0.15) is 24.1 Å². The van der Waals surface area contributed by atoms with Gasteiger partial charge in [-0.25, -0.2) is 8.93 Å². The second-order valence-corrected chi connectivity index (χ2v) is 5.37. The normalized spacial score (nSPS) is 12.4. The van der Waals surface area contributed by atoms with Crippen molar-refractivity contribution in [1.82, 2.24) is 9.71 Å². The number of terminal acetylenes is 1. The van der Waals surface area contributed by atoms with Crippen molar-refractivity contribution >= 4 is 22.2 Å². The minimum absolute atomic E-state index is 0.465. The van der Waals surface area contributed by atoms with Crippen LogP contribution in [0.3, 0.4) is 0 Å². The molecule has 0 saturated heterocycles. The maximum absolute atomic E-state index is 10.7. The van der Waals surface area contributed by atoms with Gasteiger partial charge in [-0.2, -0.15) is 0 Å². The van der Waals surface area contributed by atoms with E-state index in [2.05, 4.69) is 21.7 Å². The zero-order chi connectivity index (χ0) is 14.4. The molecule has 0 aliphatic carbocycles. The minimum Gasteiger partial charge on any atom is -0.358 e. The van der Waals surface area contributed by atoms with E-state index in [1.165, 1.54) is 16.6 Å². The van der Waals surface area contributed by atoms with E-state index in [1.807, 2.05) is 18.2 Å². The molecule has 0 saturated carbocycles. The first kappa shape index (κ1) is 14.8. The molecule has 0 fully saturated rings. The molecule has 0 spiro atoms. The van der Waals surface area contributed by atoms with Crippen LogP contribution in [0, 0.1) is 12.3 Å². The van der Waals surface area contributed by atoms with Gasteiger partial charge < -0.3 is 4.98 Å². The van der Waals surface area contributed by atoms with Crippen LogP contribution in [0.4, 0.5) is 0 Å². The van der Waals surface area contributed by atoms with Crippen LogP contribution < -0.4 is 4.72 Å². The summed E-state index contributed by atoms with van der Waals surface area (Å²) in [6.45, 7) is 0.465. The summed E-state index contributed by atoms with van der Waals surface area (Å²) in [6.07, 6.45) is 8.59. The van der Waals surface area contributed by atoms with Gasteiger partial charge in [-0.15, -0.1) is 12.3 Å². The van der Waals surface area contributed by atoms with Crippen molar-refractivity contribution in [1.29, 1.82) is 0 Å². The van der Waals surface area contributed by atoms with Crippen molar-refractivity contribution in [2.24, 2.45) is 0 Å². The Hall–Kier alpha value is -1.61. The van der Waals surface area contributed by atoms with E-state index in [1.54, 1.807) is 0 Å². The fraction of sp³-hybridized carbons (Fsp3) is 0.333. The number of fused-ring (bicyclic) bond motifs is 1. The van der Waals surface area contributed by atoms with E-state index < -0.39 is 11.3 Å². The van der Waals surface area contributed by atoms with E-state index >= 15 is 0 Å². The molecule has 2 aromatic rings. The first-order valence-corrected chi connectivity index (χ1v) is 7.69. The summed E-state index contributed by atoms with van der Waals surface area (Å²) in [5.41, 5.74) is 3.48. The van der Waals surface area contributed by atoms with Gasteiger partial charge in [0.05, 0.1) is 0 Å². The second kappa shape index (κ2) is 7.25. The molecule has 3 N–H and O–H groups in total. The number of nitrogens with one attached hydrogen (secondary N) is 2. The predicted molar refractivity (Wildman–Crippen MR) is 82.5 cm³/mol. The van der Waals surface area contributed by atoms with Crippen molar-refractivity contribution in [3.8, 4) is 12.3 Å². The van der Waals surface area contributed by atoms with Gasteiger partial charge in [0.1, 0.15) is 0 Å². The Labute approximate surface area is 121 Å². The first-order valence-electron chi connectivity index (χ1n) is 6.58. The summed E-state index contributed by atoms with van der Waals surface area (Å²) < 4.78 is 21.9. The molecule has 1 heterocycles. The van der Waals surface area contributed by atoms with Gasteiger partial charge >= 0.3 is 0 Å². The number of hydrogen-bond acceptors (Lipinski definition) is 1. The van der Waals surface area contributed by atoms with E-state index in [9.17, 15) is 4.21 Å². The Kier molecular flexibility index (Phi) is 5.36. The third kappa shape index (κ3) is 3.70. The number of unbranched alkanes of at least 4 members (excludes halogenated alkanes) is 1. The SMILES string of the molecule is C#CCCCc1[nH]c2ccccc2c1CCNS(=O)O. The number of benzene rings is 1. The van der Waals surface area contributed by atoms with Crippen LogP contribution in [0.25, 0.3) is 10.9 Å². The molecule has 0 aliphatic rings. The predicted octanol–water partition coefficient (Wildman–Crippen LogP) is 2.39. The third-order valence-electron chi connectivity index (χ3n) is 3.25. The van der Waals surface area contributed by atoms with Crippen LogP contribution in [-0.4, -0.2) is 20.3 Å². The van der Waals surface area contributed by atoms with Crippen LogP contribution in [0.5, 0.6) is 0 Å². The molecule has 106 valence electrons. The summed E-state index contributed by atoms with van der Waals surface area (Å²) >= 11 is -1.96. The number of rotatable bonds is 7. The molecular formula is C15H18N2O2S. The fourth-order valence-corrected chi connectivity index (χ4v) is 2.66. The van der Waals surface area contributed by atoms with E-state index in [-0.39, 0.29) is 0 Å². The summed E-state index contributed by atoms with van der Waals surface area (Å²) in [6, 6.07) is 8.11. The van der Waals surface area contributed by atoms with E-state index in [4.69, 9.17) is 11.0 Å². The summed E-state index contributed by atoms with van der Waals surface area (Å²) in [4.78, 5) is 3.43. The number of H-pyrrole nitrogens is 1. The average Bonchev–Trinajstić information content (AvgIpc) is 2.77. The van der Waals surface area contributed by atoms with Crippen LogP contribution in [0.2, 0.25) is 0 Å². The van der Waals surface area contributed by atoms with Gasteiger partial charge in [0, 0.05) is 29.6 Å². The molecule has 0 bridgehead atoms. The molecule has 1 aromatic heterocycles. The van der Waals surface area contributed by atoms with E-state index in [0.717, 1.165) is 24.8 Å². The molecule has 1 unspecified atom stereocenters. The smallest absolute Gasteiger partial charge is 0.231 e. The van der Waals surface area contributed by atoms with Crippen molar-refractivity contribution < 1.29 is 8.76 Å². The monoisotopic (exact) mass is 290 g/mol. The minimum atomic E-state index is -1.96. The molecular weight excluding hydrogens is 272 g/mol. The molecule has 0 radical (unpaired) electrons. The lowest BCUT2D eigenvalue weighted by Crippen LogP contribution is -2.19. The Morgan fingerprint density at radius 2 is 2.15 bits per heavy atom. The summed E-state index contributed by atoms with van der Waals surface area (Å²) in [5, 5.41) is 1.17. The molecule has 20 heavy (non-hydrogen) atoms. The van der Waals surface area contributed by atoms with Gasteiger partial charge in [0.15, 0.2) is 0 Å². The number of aromatic nitrogens is 1. The van der Waals surface area contributed by atoms with Gasteiger partial charge in [-0.05, 0) is 30.9 Å². The van der Waals surface area contributed by atoms with Crippen LogP contribution in [0.15, 0.2) is 24.3 Å². The molecule has 0 aliphatic heterocycles. The molecule has 5 heteroatoms. The highest BCUT2D eigenvalue weighted by atomic mass is 32.2. The average molecular weight is 290 g/mol. The van der Waals surface area contributed by atoms with Crippen molar-refractivity contribution in [3.05, 3.63) is 35.5 Å². The van der Waals surface area contributed by atoms with Gasteiger partial charge in [-0.1, -0.05) is 18.2 Å². The molecule has 4 nitrogen and oxygen atoms in total. The molecule has 1 atom stereocenters. The quantitative estimate of drug-likeness (QED) is 0.416. The van der Waals surface area contributed by atoms with Crippen LogP contribution >= 0.6 is 0 Å². The lowest BCUT2D eigenvalue weighted by atomic mass is 10.0. The van der Waals surface area contributed by atoms with E-state index in [0.29, 0.717) is 13.0 Å². The third-order valence-corrected chi connectivity index (χ3v) is 3.70. The fourth-order valence-electron chi connectivity index (χ4n) is 2.39. The lowest BCUT2D eigenvalue weighted by molar-refractivity contribution is 0.549. The highest BCUT2D eigenvalue weighted by molar-refractivity contribution is 7.77. The highest BCUT2D eigenvalue weighted by Gasteiger charge is 2.10. The first-order chi connectivity index (χ1) is 9.72. The zero-order valence-electron chi connectivity index (χ0n) is 11.2.